The Morgan fingerprint density at radius 1 is 1.19 bits per heavy atom. The van der Waals surface area contributed by atoms with Crippen LogP contribution in [0.1, 0.15) is 54.4 Å². The average molecular weight is 311 g/mol. The lowest BCUT2D eigenvalue weighted by molar-refractivity contribution is 0.0696. The second-order valence-corrected chi connectivity index (χ2v) is 7.28. The molecule has 2 N–H and O–H groups in total. The van der Waals surface area contributed by atoms with Crippen molar-refractivity contribution >= 4 is 16.0 Å². The Bertz CT molecular complexity index is 617. The minimum Gasteiger partial charge on any atom is -0.478 e. The van der Waals surface area contributed by atoms with Crippen LogP contribution in [0.15, 0.2) is 23.1 Å². The monoisotopic (exact) mass is 311 g/mol. The largest absolute Gasteiger partial charge is 0.478 e. The summed E-state index contributed by atoms with van der Waals surface area (Å²) in [7, 11) is -3.68. The summed E-state index contributed by atoms with van der Waals surface area (Å²) in [6, 6.07) is 4.13. The average Bonchev–Trinajstić information content (AvgIpc) is 2.66. The van der Waals surface area contributed by atoms with Crippen molar-refractivity contribution in [2.24, 2.45) is 0 Å². The Morgan fingerprint density at radius 3 is 2.38 bits per heavy atom. The second-order valence-electron chi connectivity index (χ2n) is 5.60. The first-order chi connectivity index (χ1) is 9.90. The number of rotatable bonds is 4. The van der Waals surface area contributed by atoms with Gasteiger partial charge in [0, 0.05) is 6.04 Å². The molecule has 0 amide bonds. The van der Waals surface area contributed by atoms with Crippen LogP contribution in [-0.2, 0) is 10.0 Å². The summed E-state index contributed by atoms with van der Waals surface area (Å²) in [4.78, 5) is 11.1. The molecule has 6 heteroatoms. The molecule has 0 saturated heterocycles. The van der Waals surface area contributed by atoms with Crippen LogP contribution in [-0.4, -0.2) is 25.5 Å². The summed E-state index contributed by atoms with van der Waals surface area (Å²) in [5.74, 6) is -1.12. The van der Waals surface area contributed by atoms with Gasteiger partial charge in [0.05, 0.1) is 10.5 Å². The van der Waals surface area contributed by atoms with Gasteiger partial charge in [0.1, 0.15) is 0 Å². The molecule has 1 fully saturated rings. The standard InChI is InChI=1S/C15H21NO4S/c1-11-8-9-12(15(17)18)10-14(11)21(19,20)16-13-6-4-2-3-5-7-13/h8-10,13,16H,2-7H2,1H3,(H,17,18). The summed E-state index contributed by atoms with van der Waals surface area (Å²) < 4.78 is 27.7. The zero-order valence-electron chi connectivity index (χ0n) is 12.1. The lowest BCUT2D eigenvalue weighted by atomic mass is 10.1. The quantitative estimate of drug-likeness (QED) is 0.837. The third-order valence-corrected chi connectivity index (χ3v) is 5.56. The van der Waals surface area contributed by atoms with E-state index in [2.05, 4.69) is 4.72 Å². The number of aromatic carboxylic acids is 1. The van der Waals surface area contributed by atoms with E-state index in [1.165, 1.54) is 18.2 Å². The predicted molar refractivity (Wildman–Crippen MR) is 79.9 cm³/mol. The fourth-order valence-corrected chi connectivity index (χ4v) is 4.28. The van der Waals surface area contributed by atoms with Gasteiger partial charge in [-0.15, -0.1) is 0 Å². The van der Waals surface area contributed by atoms with E-state index in [1.54, 1.807) is 6.92 Å². The van der Waals surface area contributed by atoms with E-state index in [1.807, 2.05) is 0 Å². The topological polar surface area (TPSA) is 83.5 Å². The van der Waals surface area contributed by atoms with Gasteiger partial charge in [-0.25, -0.2) is 17.9 Å². The van der Waals surface area contributed by atoms with Crippen molar-refractivity contribution < 1.29 is 18.3 Å². The van der Waals surface area contributed by atoms with Crippen molar-refractivity contribution in [3.63, 3.8) is 0 Å². The molecule has 1 aromatic rings. The van der Waals surface area contributed by atoms with Gasteiger partial charge in [-0.05, 0) is 37.5 Å². The van der Waals surface area contributed by atoms with E-state index in [4.69, 9.17) is 5.11 Å². The van der Waals surface area contributed by atoms with Gasteiger partial charge < -0.3 is 5.11 Å². The van der Waals surface area contributed by atoms with E-state index in [0.29, 0.717) is 5.56 Å². The lowest BCUT2D eigenvalue weighted by Crippen LogP contribution is -2.34. The van der Waals surface area contributed by atoms with Gasteiger partial charge >= 0.3 is 5.97 Å². The summed E-state index contributed by atoms with van der Waals surface area (Å²) in [5.41, 5.74) is 0.544. The van der Waals surface area contributed by atoms with Gasteiger partial charge in [0.25, 0.3) is 0 Å². The van der Waals surface area contributed by atoms with Crippen molar-refractivity contribution in [3.05, 3.63) is 29.3 Å². The smallest absolute Gasteiger partial charge is 0.335 e. The maximum atomic E-state index is 12.5. The van der Waals surface area contributed by atoms with Crippen molar-refractivity contribution in [2.75, 3.05) is 0 Å². The molecule has 0 spiro atoms. The fraction of sp³-hybridized carbons (Fsp3) is 0.533. The molecule has 116 valence electrons. The van der Waals surface area contributed by atoms with E-state index in [9.17, 15) is 13.2 Å². The van der Waals surface area contributed by atoms with Crippen LogP contribution in [0.2, 0.25) is 0 Å². The number of hydrogen-bond donors (Lipinski definition) is 2. The minimum absolute atomic E-state index is 0.0122. The molecule has 2 rings (SSSR count). The number of aryl methyl sites for hydroxylation is 1. The molecule has 5 nitrogen and oxygen atoms in total. The summed E-state index contributed by atoms with van der Waals surface area (Å²) in [6.45, 7) is 1.67. The second kappa shape index (κ2) is 6.58. The van der Waals surface area contributed by atoms with E-state index in [0.717, 1.165) is 38.5 Å². The van der Waals surface area contributed by atoms with Crippen LogP contribution < -0.4 is 4.72 Å². The molecular weight excluding hydrogens is 290 g/mol. The highest BCUT2D eigenvalue weighted by atomic mass is 32.2. The molecule has 21 heavy (non-hydrogen) atoms. The van der Waals surface area contributed by atoms with Crippen molar-refractivity contribution in [2.45, 2.75) is 56.4 Å². The summed E-state index contributed by atoms with van der Waals surface area (Å²) in [5, 5.41) is 9.01. The molecule has 0 aromatic heterocycles. The molecule has 1 aromatic carbocycles. The zero-order chi connectivity index (χ0) is 15.5. The molecule has 1 saturated carbocycles. The molecule has 0 heterocycles. The molecular formula is C15H21NO4S. The minimum atomic E-state index is -3.68. The van der Waals surface area contributed by atoms with Crippen LogP contribution in [0.4, 0.5) is 0 Å². The Morgan fingerprint density at radius 2 is 1.81 bits per heavy atom. The molecule has 0 unspecified atom stereocenters. The van der Waals surface area contributed by atoms with Crippen LogP contribution in [0, 0.1) is 6.92 Å². The zero-order valence-corrected chi connectivity index (χ0v) is 12.9. The van der Waals surface area contributed by atoms with Gasteiger partial charge in [-0.1, -0.05) is 31.7 Å². The Hall–Kier alpha value is -1.40. The highest BCUT2D eigenvalue weighted by Gasteiger charge is 2.23. The Kier molecular flexibility index (Phi) is 5.00. The number of benzene rings is 1. The molecule has 0 aliphatic heterocycles. The van der Waals surface area contributed by atoms with Crippen molar-refractivity contribution in [1.29, 1.82) is 0 Å². The molecule has 1 aliphatic rings. The number of carboxylic acid groups (broad SMARTS) is 1. The van der Waals surface area contributed by atoms with E-state index < -0.39 is 16.0 Å². The third kappa shape index (κ3) is 4.04. The number of sulfonamides is 1. The first-order valence-electron chi connectivity index (χ1n) is 7.26. The first-order valence-corrected chi connectivity index (χ1v) is 8.75. The van der Waals surface area contributed by atoms with Crippen LogP contribution in [0.3, 0.4) is 0 Å². The SMILES string of the molecule is Cc1ccc(C(=O)O)cc1S(=O)(=O)NC1CCCCCC1. The number of nitrogens with one attached hydrogen (secondary N) is 1. The molecule has 0 atom stereocenters. The molecule has 1 aliphatic carbocycles. The fourth-order valence-electron chi connectivity index (χ4n) is 2.70. The normalized spacial score (nSPS) is 17.4. The lowest BCUT2D eigenvalue weighted by Gasteiger charge is -2.17. The van der Waals surface area contributed by atoms with E-state index in [-0.39, 0.29) is 16.5 Å². The number of hydrogen-bond acceptors (Lipinski definition) is 3. The van der Waals surface area contributed by atoms with Crippen molar-refractivity contribution in [3.8, 4) is 0 Å². The third-order valence-electron chi connectivity index (χ3n) is 3.90. The molecule has 0 radical (unpaired) electrons. The first kappa shape index (κ1) is 16.0. The van der Waals surface area contributed by atoms with Crippen molar-refractivity contribution in [1.82, 2.24) is 4.72 Å². The summed E-state index contributed by atoms with van der Waals surface area (Å²) in [6.07, 6.45) is 6.04. The maximum absolute atomic E-state index is 12.5. The number of carbonyl (C=O) groups is 1. The summed E-state index contributed by atoms with van der Waals surface area (Å²) >= 11 is 0. The van der Waals surface area contributed by atoms with Gasteiger partial charge in [0.2, 0.25) is 10.0 Å². The molecule has 0 bridgehead atoms. The van der Waals surface area contributed by atoms with Gasteiger partial charge in [0.15, 0.2) is 0 Å². The van der Waals surface area contributed by atoms with E-state index >= 15 is 0 Å². The van der Waals surface area contributed by atoms with Crippen LogP contribution in [0.5, 0.6) is 0 Å². The maximum Gasteiger partial charge on any atom is 0.335 e. The Balaban J connectivity index is 2.26. The number of carboxylic acids is 1. The van der Waals surface area contributed by atoms with Gasteiger partial charge in [-0.3, -0.25) is 0 Å². The highest BCUT2D eigenvalue weighted by Crippen LogP contribution is 2.22. The highest BCUT2D eigenvalue weighted by molar-refractivity contribution is 7.89. The van der Waals surface area contributed by atoms with Crippen LogP contribution in [0.25, 0.3) is 0 Å². The van der Waals surface area contributed by atoms with Crippen LogP contribution >= 0.6 is 0 Å². The predicted octanol–water partition coefficient (Wildman–Crippen LogP) is 2.69. The Labute approximate surface area is 125 Å². The van der Waals surface area contributed by atoms with Gasteiger partial charge in [-0.2, -0.15) is 0 Å².